The van der Waals surface area contributed by atoms with Crippen molar-refractivity contribution < 1.29 is 23.5 Å². The lowest BCUT2D eigenvalue weighted by Crippen LogP contribution is -2.45. The molecule has 0 bridgehead atoms. The molecule has 2 aromatic rings. The van der Waals surface area contributed by atoms with Gasteiger partial charge in [-0.3, -0.25) is 9.59 Å². The molecule has 1 aromatic carbocycles. The van der Waals surface area contributed by atoms with Gasteiger partial charge in [0.1, 0.15) is 10.8 Å². The molecule has 1 aliphatic carbocycles. The number of rotatable bonds is 5. The van der Waals surface area contributed by atoms with Crippen LogP contribution in [0.1, 0.15) is 58.7 Å². The Labute approximate surface area is 198 Å². The van der Waals surface area contributed by atoms with Crippen molar-refractivity contribution in [2.24, 2.45) is 0 Å². The molecule has 4 rings (SSSR count). The number of fused-ring (bicyclic) bond motifs is 1. The van der Waals surface area contributed by atoms with Crippen molar-refractivity contribution in [3.63, 3.8) is 0 Å². The Morgan fingerprint density at radius 1 is 1.35 bits per heavy atom. The van der Waals surface area contributed by atoms with Gasteiger partial charge in [-0.25, -0.2) is 4.39 Å². The molecular formula is C22H24FIN2O4S. The maximum atomic E-state index is 14.4. The number of carbonyl (C=O) groups excluding carboxylic acids is 2. The van der Waals surface area contributed by atoms with Gasteiger partial charge >= 0.3 is 0 Å². The number of hydrogen-bond donors (Lipinski definition) is 2. The minimum absolute atomic E-state index is 0.0333. The van der Waals surface area contributed by atoms with Crippen LogP contribution in [0.5, 0.6) is 0 Å². The minimum atomic E-state index is -0.684. The summed E-state index contributed by atoms with van der Waals surface area (Å²) < 4.78 is 26.6. The average Bonchev–Trinajstić information content (AvgIpc) is 3.07. The van der Waals surface area contributed by atoms with Crippen LogP contribution in [0.3, 0.4) is 0 Å². The zero-order valence-electron chi connectivity index (χ0n) is 17.3. The summed E-state index contributed by atoms with van der Waals surface area (Å²) in [6, 6.07) is 4.84. The Kier molecular flexibility index (Phi) is 6.66. The predicted molar refractivity (Wildman–Crippen MR) is 126 cm³/mol. The molecule has 2 heterocycles. The van der Waals surface area contributed by atoms with E-state index in [1.165, 1.54) is 17.4 Å². The third-order valence-corrected chi connectivity index (χ3v) is 7.19. The molecule has 1 fully saturated rings. The van der Waals surface area contributed by atoms with Crippen molar-refractivity contribution >= 4 is 56.3 Å². The Balaban J connectivity index is 1.59. The topological polar surface area (TPSA) is 76.7 Å². The second-order valence-electron chi connectivity index (χ2n) is 8.13. The monoisotopic (exact) mass is 558 g/mol. The van der Waals surface area contributed by atoms with E-state index in [9.17, 15) is 14.0 Å². The van der Waals surface area contributed by atoms with Crippen molar-refractivity contribution in [2.75, 3.05) is 18.5 Å². The summed E-state index contributed by atoms with van der Waals surface area (Å²) in [6.07, 6.45) is 2.35. The van der Waals surface area contributed by atoms with Crippen LogP contribution in [0.4, 0.5) is 15.1 Å². The van der Waals surface area contributed by atoms with Crippen molar-refractivity contribution in [3.05, 3.63) is 43.6 Å². The van der Waals surface area contributed by atoms with Gasteiger partial charge in [-0.2, -0.15) is 0 Å². The van der Waals surface area contributed by atoms with E-state index < -0.39 is 11.6 Å². The molecule has 1 atom stereocenters. The summed E-state index contributed by atoms with van der Waals surface area (Å²) in [5.74, 6) is -1.34. The molecule has 6 nitrogen and oxygen atoms in total. The number of amides is 1. The van der Waals surface area contributed by atoms with E-state index in [1.807, 2.05) is 36.4 Å². The Hall–Kier alpha value is -1.56. The van der Waals surface area contributed by atoms with Gasteiger partial charge in [0.25, 0.3) is 5.91 Å². The molecule has 31 heavy (non-hydrogen) atoms. The molecule has 2 N–H and O–H groups in total. The Morgan fingerprint density at radius 2 is 2.16 bits per heavy atom. The van der Waals surface area contributed by atoms with Crippen molar-refractivity contribution in [1.82, 2.24) is 5.32 Å². The fourth-order valence-corrected chi connectivity index (χ4v) is 5.56. The van der Waals surface area contributed by atoms with Gasteiger partial charge < -0.3 is 20.1 Å². The average molecular weight is 558 g/mol. The van der Waals surface area contributed by atoms with Crippen LogP contribution in [0.25, 0.3) is 0 Å². The number of benzene rings is 1. The van der Waals surface area contributed by atoms with Gasteiger partial charge in [-0.05, 0) is 79.5 Å². The third kappa shape index (κ3) is 5.10. The van der Waals surface area contributed by atoms with Gasteiger partial charge in [0.05, 0.1) is 28.8 Å². The molecule has 1 amide bonds. The summed E-state index contributed by atoms with van der Waals surface area (Å²) >= 11 is 3.27. The van der Waals surface area contributed by atoms with E-state index in [0.717, 1.165) is 9.13 Å². The number of ether oxygens (including phenoxy) is 2. The molecule has 0 spiro atoms. The second-order valence-corrected chi connectivity index (χ2v) is 10.4. The maximum Gasteiger partial charge on any atom is 0.254 e. The highest BCUT2D eigenvalue weighted by Gasteiger charge is 2.32. The van der Waals surface area contributed by atoms with Crippen molar-refractivity contribution in [3.8, 4) is 0 Å². The zero-order chi connectivity index (χ0) is 22.2. The molecule has 166 valence electrons. The fraction of sp³-hybridized carbons (Fsp3) is 0.455. The van der Waals surface area contributed by atoms with E-state index in [1.54, 1.807) is 12.1 Å². The Morgan fingerprint density at radius 3 is 2.90 bits per heavy atom. The highest BCUT2D eigenvalue weighted by atomic mass is 127. The number of halogens is 2. The highest BCUT2D eigenvalue weighted by Crippen LogP contribution is 2.40. The number of thiophene rings is 1. The summed E-state index contributed by atoms with van der Waals surface area (Å²) in [5.41, 5.74) is 1.45. The van der Waals surface area contributed by atoms with Crippen LogP contribution in [0.15, 0.2) is 18.2 Å². The van der Waals surface area contributed by atoms with E-state index in [-0.39, 0.29) is 23.5 Å². The summed E-state index contributed by atoms with van der Waals surface area (Å²) in [5, 5.41) is 6.49. The molecule has 9 heteroatoms. The molecule has 2 aliphatic rings. The summed E-state index contributed by atoms with van der Waals surface area (Å²) in [6.45, 7) is 4.59. The molecule has 0 radical (unpaired) electrons. The van der Waals surface area contributed by atoms with Crippen LogP contribution in [0.2, 0.25) is 0 Å². The number of hydrogen-bond acceptors (Lipinski definition) is 6. The zero-order valence-corrected chi connectivity index (χ0v) is 20.3. The van der Waals surface area contributed by atoms with E-state index in [4.69, 9.17) is 9.47 Å². The molecule has 0 saturated carbocycles. The standard InChI is InChI=1S/C22H24FIN2O4S/c1-22(2)29-9-8-13(30-22)11-25-20(28)18-14-4-3-5-17(27)19(14)31-21(18)26-16-7-6-12(24)10-15(16)23/h6-7,10,13,26H,3-5,8-9,11H2,1-2H3,(H,25,28)/t13-/m1/s1. The minimum Gasteiger partial charge on any atom is -0.350 e. The first kappa shape index (κ1) is 22.6. The second kappa shape index (κ2) is 9.13. The lowest BCUT2D eigenvalue weighted by atomic mass is 9.94. The molecule has 1 saturated heterocycles. The first-order chi connectivity index (χ1) is 14.7. The maximum absolute atomic E-state index is 14.4. The van der Waals surface area contributed by atoms with Gasteiger partial charge in [0.2, 0.25) is 0 Å². The Bertz CT molecular complexity index is 1020. The van der Waals surface area contributed by atoms with Crippen molar-refractivity contribution in [1.29, 1.82) is 0 Å². The van der Waals surface area contributed by atoms with Crippen LogP contribution >= 0.6 is 33.9 Å². The van der Waals surface area contributed by atoms with Gasteiger partial charge in [0.15, 0.2) is 11.6 Å². The van der Waals surface area contributed by atoms with E-state index in [2.05, 4.69) is 10.6 Å². The molecular weight excluding hydrogens is 534 g/mol. The number of ketones is 1. The van der Waals surface area contributed by atoms with Crippen LogP contribution < -0.4 is 10.6 Å². The largest absolute Gasteiger partial charge is 0.350 e. The number of nitrogens with one attached hydrogen (secondary N) is 2. The summed E-state index contributed by atoms with van der Waals surface area (Å²) in [4.78, 5) is 26.2. The molecule has 0 unspecified atom stereocenters. The summed E-state index contributed by atoms with van der Waals surface area (Å²) in [7, 11) is 0. The van der Waals surface area contributed by atoms with Gasteiger partial charge in [-0.1, -0.05) is 0 Å². The lowest BCUT2D eigenvalue weighted by molar-refractivity contribution is -0.271. The smallest absolute Gasteiger partial charge is 0.254 e. The van der Waals surface area contributed by atoms with Crippen molar-refractivity contribution in [2.45, 2.75) is 51.4 Å². The van der Waals surface area contributed by atoms with Gasteiger partial charge in [0, 0.05) is 16.5 Å². The van der Waals surface area contributed by atoms with Crippen LogP contribution in [0, 0.1) is 9.39 Å². The first-order valence-corrected chi connectivity index (χ1v) is 12.1. The van der Waals surface area contributed by atoms with Crippen LogP contribution in [-0.4, -0.2) is 36.7 Å². The first-order valence-electron chi connectivity index (χ1n) is 10.2. The third-order valence-electron chi connectivity index (χ3n) is 5.33. The molecule has 1 aliphatic heterocycles. The quantitative estimate of drug-likeness (QED) is 0.504. The predicted octanol–water partition coefficient (Wildman–Crippen LogP) is 5.03. The number of anilines is 2. The number of Topliss-reactive ketones (excluding diaryl/α,β-unsaturated/α-hetero) is 1. The van der Waals surface area contributed by atoms with Crippen LogP contribution in [-0.2, 0) is 15.9 Å². The van der Waals surface area contributed by atoms with E-state index in [0.29, 0.717) is 54.3 Å². The lowest BCUT2D eigenvalue weighted by Gasteiger charge is -2.36. The van der Waals surface area contributed by atoms with Gasteiger partial charge in [-0.15, -0.1) is 11.3 Å². The highest BCUT2D eigenvalue weighted by molar-refractivity contribution is 14.1. The SMILES string of the molecule is CC1(C)OCC[C@H](CNC(=O)c2c(Nc3ccc(I)cc3F)sc3c2CCCC3=O)O1. The van der Waals surface area contributed by atoms with E-state index >= 15 is 0 Å². The number of carbonyl (C=O) groups is 2. The fourth-order valence-electron chi connectivity index (χ4n) is 3.88. The normalized spacial score (nSPS) is 20.3. The molecule has 1 aromatic heterocycles.